The highest BCUT2D eigenvalue weighted by Gasteiger charge is 2.17. The predicted molar refractivity (Wildman–Crippen MR) is 149 cm³/mol. The van der Waals surface area contributed by atoms with Gasteiger partial charge in [-0.3, -0.25) is 4.79 Å². The molecule has 2 bridgehead atoms. The van der Waals surface area contributed by atoms with E-state index in [0.29, 0.717) is 37.0 Å². The Labute approximate surface area is 225 Å². The van der Waals surface area contributed by atoms with Gasteiger partial charge >= 0.3 is 0 Å². The lowest BCUT2D eigenvalue weighted by atomic mass is 10.2. The predicted octanol–water partition coefficient (Wildman–Crippen LogP) is 3.35. The van der Waals surface area contributed by atoms with Gasteiger partial charge in [-0.05, 0) is 37.7 Å². The first-order valence-corrected chi connectivity index (χ1v) is 13.4. The van der Waals surface area contributed by atoms with Crippen LogP contribution in [0.15, 0.2) is 42.3 Å². The lowest BCUT2D eigenvalue weighted by Gasteiger charge is -2.22. The Morgan fingerprint density at radius 2 is 2.11 bits per heavy atom. The lowest BCUT2D eigenvalue weighted by molar-refractivity contribution is -0.132. The molecule has 0 atom stereocenters. The first-order chi connectivity index (χ1) is 18.5. The Bertz CT molecular complexity index is 1380. The van der Waals surface area contributed by atoms with E-state index in [9.17, 15) is 4.79 Å². The number of benzene rings is 1. The fraction of sp³-hybridized carbons (Fsp3) is 0.385. The topological polar surface area (TPSA) is 112 Å². The highest BCUT2D eigenvalue weighted by atomic mass is 32.1. The minimum atomic E-state index is -0.0852. The molecule has 2 N–H and O–H groups in total. The average Bonchev–Trinajstić information content (AvgIpc) is 3.59. The maximum atomic E-state index is 12.8. The number of carbonyl (C=O) groups excluding carboxylic acids is 1. The van der Waals surface area contributed by atoms with Crippen molar-refractivity contribution in [2.24, 2.45) is 0 Å². The van der Waals surface area contributed by atoms with Crippen LogP contribution in [-0.2, 0) is 11.3 Å². The molecule has 1 aliphatic heterocycles. The van der Waals surface area contributed by atoms with Crippen LogP contribution < -0.4 is 19.7 Å². The van der Waals surface area contributed by atoms with Crippen LogP contribution in [0.5, 0.6) is 11.5 Å². The summed E-state index contributed by atoms with van der Waals surface area (Å²) >= 11 is 1.58. The molecule has 5 rings (SSSR count). The number of anilines is 3. The Hall–Kier alpha value is -3.90. The first kappa shape index (κ1) is 25.7. The average molecular weight is 537 g/mol. The third-order valence-electron chi connectivity index (χ3n) is 6.44. The van der Waals surface area contributed by atoms with Crippen molar-refractivity contribution in [2.75, 3.05) is 64.2 Å². The van der Waals surface area contributed by atoms with Crippen LogP contribution in [0.25, 0.3) is 11.0 Å². The highest BCUT2D eigenvalue weighted by molar-refractivity contribution is 7.13. The van der Waals surface area contributed by atoms with Crippen LogP contribution >= 0.6 is 11.3 Å². The number of ether oxygens (including phenoxy) is 2. The van der Waals surface area contributed by atoms with Gasteiger partial charge in [-0.25, -0.2) is 15.0 Å². The number of hydrogen-bond acceptors (Lipinski definition) is 10. The van der Waals surface area contributed by atoms with Crippen molar-refractivity contribution in [3.63, 3.8) is 0 Å². The summed E-state index contributed by atoms with van der Waals surface area (Å²) in [6, 6.07) is 5.60. The SMILES string of the molecule is CN1CCCN(C)C(=O)COc2cc(ccc2OCCN(C)c2nccs2)Nc2ncnc3[nH]cc(c23)C1. The molecule has 0 radical (unpaired) electrons. The van der Waals surface area contributed by atoms with Gasteiger partial charge in [0.2, 0.25) is 0 Å². The summed E-state index contributed by atoms with van der Waals surface area (Å²) in [5.74, 6) is 1.67. The third-order valence-corrected chi connectivity index (χ3v) is 7.32. The zero-order chi connectivity index (χ0) is 26.5. The van der Waals surface area contributed by atoms with E-state index in [1.54, 1.807) is 22.4 Å². The summed E-state index contributed by atoms with van der Waals surface area (Å²) in [6.07, 6.45) is 6.15. The number of thiazole rings is 1. The van der Waals surface area contributed by atoms with Crippen molar-refractivity contribution in [3.05, 3.63) is 47.9 Å². The fourth-order valence-corrected chi connectivity index (χ4v) is 4.95. The van der Waals surface area contributed by atoms with Gasteiger partial charge in [0.1, 0.15) is 24.4 Å². The van der Waals surface area contributed by atoms with Crippen molar-refractivity contribution in [1.29, 1.82) is 0 Å². The molecule has 4 heterocycles. The van der Waals surface area contributed by atoms with Crippen LogP contribution in [0.2, 0.25) is 0 Å². The number of nitrogens with one attached hydrogen (secondary N) is 2. The molecule has 0 aliphatic carbocycles. The van der Waals surface area contributed by atoms with E-state index in [0.717, 1.165) is 46.9 Å². The second-order valence-electron chi connectivity index (χ2n) is 9.33. The van der Waals surface area contributed by atoms with Crippen molar-refractivity contribution < 1.29 is 14.3 Å². The highest BCUT2D eigenvalue weighted by Crippen LogP contribution is 2.34. The van der Waals surface area contributed by atoms with Gasteiger partial charge in [0.25, 0.3) is 5.91 Å². The number of H-pyrrole nitrogens is 1. The van der Waals surface area contributed by atoms with E-state index in [1.165, 1.54) is 6.33 Å². The van der Waals surface area contributed by atoms with Gasteiger partial charge in [-0.1, -0.05) is 0 Å². The first-order valence-electron chi connectivity index (χ1n) is 12.5. The summed E-state index contributed by atoms with van der Waals surface area (Å²) in [5, 5.41) is 7.24. The number of likely N-dealkylation sites (N-methyl/N-ethyl adjacent to an activating group) is 2. The quantitative estimate of drug-likeness (QED) is 0.397. The number of amides is 1. The molecule has 0 unspecified atom stereocenters. The fourth-order valence-electron chi connectivity index (χ4n) is 4.32. The number of fused-ring (bicyclic) bond motifs is 2. The Morgan fingerprint density at radius 1 is 1.21 bits per heavy atom. The van der Waals surface area contributed by atoms with Crippen LogP contribution in [0, 0.1) is 0 Å². The van der Waals surface area contributed by atoms with E-state index in [4.69, 9.17) is 9.47 Å². The maximum absolute atomic E-state index is 12.8. The molecule has 11 nitrogen and oxygen atoms in total. The minimum Gasteiger partial charge on any atom is -0.488 e. The largest absolute Gasteiger partial charge is 0.488 e. The van der Waals surface area contributed by atoms with Gasteiger partial charge in [-0.2, -0.15) is 0 Å². The molecule has 1 aromatic carbocycles. The Kier molecular flexibility index (Phi) is 7.89. The molecule has 0 spiro atoms. The minimum absolute atomic E-state index is 0.0785. The van der Waals surface area contributed by atoms with Gasteiger partial charge in [-0.15, -0.1) is 11.3 Å². The summed E-state index contributed by atoms with van der Waals surface area (Å²) in [7, 11) is 5.86. The Balaban J connectivity index is 1.41. The normalized spacial score (nSPS) is 15.2. The molecular formula is C26H32N8O3S. The molecule has 0 fully saturated rings. The van der Waals surface area contributed by atoms with Gasteiger partial charge in [0, 0.05) is 56.7 Å². The van der Waals surface area contributed by atoms with E-state index >= 15 is 0 Å². The van der Waals surface area contributed by atoms with E-state index in [2.05, 4.69) is 37.2 Å². The summed E-state index contributed by atoms with van der Waals surface area (Å²) in [5.41, 5.74) is 2.64. The second kappa shape index (κ2) is 11.7. The molecule has 4 aromatic rings. The smallest absolute Gasteiger partial charge is 0.260 e. The summed E-state index contributed by atoms with van der Waals surface area (Å²) < 4.78 is 12.1. The monoisotopic (exact) mass is 536 g/mol. The molecular weight excluding hydrogens is 504 g/mol. The van der Waals surface area contributed by atoms with Crippen LogP contribution in [-0.4, -0.2) is 89.6 Å². The number of rotatable bonds is 5. The van der Waals surface area contributed by atoms with Crippen LogP contribution in [0.4, 0.5) is 16.6 Å². The molecule has 38 heavy (non-hydrogen) atoms. The zero-order valence-electron chi connectivity index (χ0n) is 21.8. The van der Waals surface area contributed by atoms with Crippen LogP contribution in [0.3, 0.4) is 0 Å². The maximum Gasteiger partial charge on any atom is 0.260 e. The summed E-state index contributed by atoms with van der Waals surface area (Å²) in [4.78, 5) is 35.3. The van der Waals surface area contributed by atoms with Crippen molar-refractivity contribution in [1.82, 2.24) is 29.7 Å². The molecule has 200 valence electrons. The van der Waals surface area contributed by atoms with E-state index < -0.39 is 0 Å². The molecule has 12 heteroatoms. The number of aromatic nitrogens is 4. The molecule has 1 aliphatic rings. The molecule has 1 amide bonds. The van der Waals surface area contributed by atoms with Crippen molar-refractivity contribution in [3.8, 4) is 11.5 Å². The van der Waals surface area contributed by atoms with E-state index in [-0.39, 0.29) is 12.5 Å². The van der Waals surface area contributed by atoms with Crippen molar-refractivity contribution in [2.45, 2.75) is 13.0 Å². The third kappa shape index (κ3) is 5.97. The van der Waals surface area contributed by atoms with Crippen molar-refractivity contribution >= 4 is 44.9 Å². The zero-order valence-corrected chi connectivity index (χ0v) is 22.6. The van der Waals surface area contributed by atoms with Gasteiger partial charge in [0.15, 0.2) is 23.2 Å². The number of hydrogen-bond donors (Lipinski definition) is 2. The Morgan fingerprint density at radius 3 is 2.95 bits per heavy atom. The molecule has 0 saturated carbocycles. The van der Waals surface area contributed by atoms with Gasteiger partial charge < -0.3 is 34.5 Å². The molecule has 3 aromatic heterocycles. The van der Waals surface area contributed by atoms with Crippen LogP contribution in [0.1, 0.15) is 12.0 Å². The van der Waals surface area contributed by atoms with E-state index in [1.807, 2.05) is 48.8 Å². The second-order valence-corrected chi connectivity index (χ2v) is 10.2. The number of aromatic amines is 1. The molecule has 0 saturated heterocycles. The number of carbonyl (C=O) groups is 1. The standard InChI is InChI=1S/C26H32N8O3S/c1-32-8-4-9-33(2)22(35)16-37-21-13-19(31-25-23-18(15-32)14-28-24(23)29-17-30-25)5-6-20(21)36-11-10-34(3)26-27-7-12-38-26/h5-7,12-14,17H,4,8-11,15-16H2,1-3H3,(H2,28,29,30,31). The summed E-state index contributed by atoms with van der Waals surface area (Å²) in [6.45, 7) is 3.22. The number of nitrogens with zero attached hydrogens (tertiary/aromatic N) is 6. The van der Waals surface area contributed by atoms with Gasteiger partial charge in [0.05, 0.1) is 11.9 Å². The lowest BCUT2D eigenvalue weighted by Crippen LogP contribution is -2.34.